The van der Waals surface area contributed by atoms with Gasteiger partial charge >= 0.3 is 0 Å². The van der Waals surface area contributed by atoms with Gasteiger partial charge in [0.2, 0.25) is 0 Å². The Morgan fingerprint density at radius 1 is 0.900 bits per heavy atom. The highest BCUT2D eigenvalue weighted by atomic mass is 32.2. The summed E-state index contributed by atoms with van der Waals surface area (Å²) in [6.45, 7) is 0. The first kappa shape index (κ1) is 13.4. The van der Waals surface area contributed by atoms with Crippen molar-refractivity contribution in [1.82, 2.24) is 4.90 Å². The topological polar surface area (TPSA) is 15.6 Å². The fourth-order valence-electron chi connectivity index (χ4n) is 2.34. The minimum absolute atomic E-state index is 0.190. The molecule has 102 valence electrons. The summed E-state index contributed by atoms with van der Waals surface area (Å²) in [6, 6.07) is 21.1. The molecule has 20 heavy (non-hydrogen) atoms. The summed E-state index contributed by atoms with van der Waals surface area (Å²) in [5, 5.41) is 0.311. The Morgan fingerprint density at radius 2 is 1.50 bits per heavy atom. The van der Waals surface area contributed by atoms with Gasteiger partial charge in [-0.25, -0.2) is 0 Å². The Hall–Kier alpha value is -1.58. The molecule has 2 aromatic rings. The highest BCUT2D eigenvalue weighted by Crippen LogP contribution is 2.42. The molecule has 1 heterocycles. The fraction of sp³-hybridized carbons (Fsp3) is 0.235. The van der Waals surface area contributed by atoms with Gasteiger partial charge in [0.15, 0.2) is 0 Å². The van der Waals surface area contributed by atoms with E-state index in [9.17, 15) is 0 Å². The molecule has 1 aliphatic rings. The van der Waals surface area contributed by atoms with Crippen LogP contribution >= 0.6 is 11.8 Å². The summed E-state index contributed by atoms with van der Waals surface area (Å²) in [5.41, 5.74) is 3.92. The van der Waals surface area contributed by atoms with E-state index >= 15 is 0 Å². The second kappa shape index (κ2) is 5.81. The summed E-state index contributed by atoms with van der Waals surface area (Å²) in [7, 11) is 4.16. The average Bonchev–Trinajstić information content (AvgIpc) is 2.94. The lowest BCUT2D eigenvalue weighted by atomic mass is 10.0. The van der Waals surface area contributed by atoms with Crippen molar-refractivity contribution in [2.45, 2.75) is 10.7 Å². The molecular formula is C17H18N2S. The second-order valence-corrected chi connectivity index (χ2v) is 6.26. The van der Waals surface area contributed by atoms with E-state index in [4.69, 9.17) is 4.99 Å². The van der Waals surface area contributed by atoms with Gasteiger partial charge in [0.05, 0.1) is 11.0 Å². The predicted octanol–water partition coefficient (Wildman–Crippen LogP) is 3.81. The summed E-state index contributed by atoms with van der Waals surface area (Å²) in [6.07, 6.45) is 0. The third kappa shape index (κ3) is 2.65. The molecule has 0 radical (unpaired) electrons. The third-order valence-corrected chi connectivity index (χ3v) is 4.91. The number of thioether (sulfide) groups is 1. The van der Waals surface area contributed by atoms with Crippen molar-refractivity contribution in [2.24, 2.45) is 4.99 Å². The van der Waals surface area contributed by atoms with Gasteiger partial charge < -0.3 is 0 Å². The first-order valence-electron chi connectivity index (χ1n) is 6.75. The van der Waals surface area contributed by atoms with Crippen LogP contribution in [0.5, 0.6) is 0 Å². The number of hydrogen-bond donors (Lipinski definition) is 0. The van der Waals surface area contributed by atoms with Gasteiger partial charge in [-0.15, -0.1) is 11.8 Å². The molecule has 1 aliphatic heterocycles. The van der Waals surface area contributed by atoms with E-state index in [1.54, 1.807) is 0 Å². The van der Waals surface area contributed by atoms with Crippen LogP contribution < -0.4 is 0 Å². The molecule has 0 bridgehead atoms. The molecule has 0 fully saturated rings. The van der Waals surface area contributed by atoms with E-state index in [0.29, 0.717) is 5.25 Å². The Morgan fingerprint density at radius 3 is 2.10 bits per heavy atom. The maximum Gasteiger partial charge on any atom is 0.150 e. The van der Waals surface area contributed by atoms with Gasteiger partial charge in [-0.3, -0.25) is 9.89 Å². The number of nitrogens with zero attached hydrogens (tertiary/aromatic N) is 2. The molecule has 0 aliphatic carbocycles. The van der Waals surface area contributed by atoms with Crippen LogP contribution in [-0.2, 0) is 0 Å². The standard InChI is InChI=1S/C17H18N2S/c1-19(2)17-18-15(13-9-5-3-6-10-13)16(20-17)14-11-7-4-8-12-14/h3-12,16-17H,1-2H3/t16-,17+/m0/s1. The first-order chi connectivity index (χ1) is 9.75. The van der Waals surface area contributed by atoms with Crippen LogP contribution in [0.4, 0.5) is 0 Å². The van der Waals surface area contributed by atoms with Crippen LogP contribution in [0.2, 0.25) is 0 Å². The summed E-state index contributed by atoms with van der Waals surface area (Å²) in [5.74, 6) is 0. The van der Waals surface area contributed by atoms with Gasteiger partial charge in [0.1, 0.15) is 5.50 Å². The van der Waals surface area contributed by atoms with Crippen molar-refractivity contribution in [3.05, 3.63) is 71.8 Å². The highest BCUT2D eigenvalue weighted by Gasteiger charge is 2.31. The summed E-state index contributed by atoms with van der Waals surface area (Å²) >= 11 is 1.90. The van der Waals surface area contributed by atoms with E-state index < -0.39 is 0 Å². The molecule has 0 amide bonds. The number of rotatable bonds is 3. The number of benzene rings is 2. The normalized spacial score (nSPS) is 22.1. The Balaban J connectivity index is 2.00. The van der Waals surface area contributed by atoms with Crippen LogP contribution in [0.15, 0.2) is 65.7 Å². The first-order valence-corrected chi connectivity index (χ1v) is 7.70. The summed E-state index contributed by atoms with van der Waals surface area (Å²) in [4.78, 5) is 7.08. The maximum atomic E-state index is 4.92. The van der Waals surface area contributed by atoms with Crippen molar-refractivity contribution < 1.29 is 0 Å². The number of aliphatic imine (C=N–C) groups is 1. The lowest BCUT2D eigenvalue weighted by Crippen LogP contribution is -2.20. The molecule has 3 rings (SSSR count). The van der Waals surface area contributed by atoms with Crippen molar-refractivity contribution in [1.29, 1.82) is 0 Å². The van der Waals surface area contributed by atoms with Crippen molar-refractivity contribution in [3.8, 4) is 0 Å². The van der Waals surface area contributed by atoms with Gasteiger partial charge in [0.25, 0.3) is 0 Å². The smallest absolute Gasteiger partial charge is 0.150 e. The minimum Gasteiger partial charge on any atom is -0.280 e. The molecule has 0 N–H and O–H groups in total. The zero-order chi connectivity index (χ0) is 13.9. The Kier molecular flexibility index (Phi) is 3.90. The molecule has 0 saturated carbocycles. The van der Waals surface area contributed by atoms with Gasteiger partial charge in [-0.1, -0.05) is 60.7 Å². The quantitative estimate of drug-likeness (QED) is 0.850. The minimum atomic E-state index is 0.190. The van der Waals surface area contributed by atoms with E-state index in [1.165, 1.54) is 16.8 Å². The highest BCUT2D eigenvalue weighted by molar-refractivity contribution is 8.01. The third-order valence-electron chi connectivity index (χ3n) is 3.37. The molecule has 0 aromatic heterocycles. The Labute approximate surface area is 124 Å². The number of hydrogen-bond acceptors (Lipinski definition) is 3. The van der Waals surface area contributed by atoms with Crippen LogP contribution in [0.25, 0.3) is 0 Å². The zero-order valence-corrected chi connectivity index (χ0v) is 12.5. The SMILES string of the molecule is CN(C)[C@H]1N=C(c2ccccc2)[C@H](c2ccccc2)S1. The monoisotopic (exact) mass is 282 g/mol. The molecule has 0 saturated heterocycles. The van der Waals surface area contributed by atoms with Gasteiger partial charge in [-0.05, 0) is 25.2 Å². The van der Waals surface area contributed by atoms with E-state index in [-0.39, 0.29) is 5.50 Å². The van der Waals surface area contributed by atoms with Crippen LogP contribution in [0.1, 0.15) is 16.4 Å². The Bertz CT molecular complexity index is 593. The van der Waals surface area contributed by atoms with E-state index in [1.807, 2.05) is 17.8 Å². The lowest BCUT2D eigenvalue weighted by molar-refractivity contribution is 0.395. The molecule has 2 aromatic carbocycles. The van der Waals surface area contributed by atoms with Crippen LogP contribution in [-0.4, -0.2) is 30.2 Å². The lowest BCUT2D eigenvalue weighted by Gasteiger charge is -2.17. The van der Waals surface area contributed by atoms with Crippen LogP contribution in [0.3, 0.4) is 0 Å². The van der Waals surface area contributed by atoms with E-state index in [2.05, 4.69) is 73.6 Å². The largest absolute Gasteiger partial charge is 0.280 e. The molecule has 3 heteroatoms. The van der Waals surface area contributed by atoms with E-state index in [0.717, 1.165) is 0 Å². The maximum absolute atomic E-state index is 4.92. The summed E-state index contributed by atoms with van der Waals surface area (Å²) < 4.78 is 0. The van der Waals surface area contributed by atoms with Crippen molar-refractivity contribution in [3.63, 3.8) is 0 Å². The van der Waals surface area contributed by atoms with Gasteiger partial charge in [0, 0.05) is 0 Å². The molecule has 2 atom stereocenters. The zero-order valence-electron chi connectivity index (χ0n) is 11.7. The van der Waals surface area contributed by atoms with Crippen LogP contribution in [0, 0.1) is 0 Å². The van der Waals surface area contributed by atoms with Crippen molar-refractivity contribution >= 4 is 17.5 Å². The average molecular weight is 282 g/mol. The molecular weight excluding hydrogens is 264 g/mol. The second-order valence-electron chi connectivity index (χ2n) is 5.10. The molecule has 0 unspecified atom stereocenters. The van der Waals surface area contributed by atoms with Gasteiger partial charge in [-0.2, -0.15) is 0 Å². The fourth-order valence-corrected chi connectivity index (χ4v) is 3.64. The van der Waals surface area contributed by atoms with Crippen molar-refractivity contribution in [2.75, 3.05) is 14.1 Å². The molecule has 2 nitrogen and oxygen atoms in total. The molecule has 0 spiro atoms. The predicted molar refractivity (Wildman–Crippen MR) is 87.2 cm³/mol.